The van der Waals surface area contributed by atoms with Gasteiger partial charge < -0.3 is 47.7 Å². The van der Waals surface area contributed by atoms with Crippen LogP contribution in [-0.4, -0.2) is 73.4 Å². The first-order chi connectivity index (χ1) is 35.6. The van der Waals surface area contributed by atoms with Crippen LogP contribution in [0.2, 0.25) is 0 Å². The Morgan fingerprint density at radius 1 is 0.417 bits per heavy atom. The van der Waals surface area contributed by atoms with E-state index in [2.05, 4.69) is 6.07 Å². The van der Waals surface area contributed by atoms with Gasteiger partial charge >= 0.3 is 0 Å². The van der Waals surface area contributed by atoms with Crippen molar-refractivity contribution in [2.75, 3.05) is 13.2 Å². The average Bonchev–Trinajstić information content (AvgIpc) is 3.44. The summed E-state index contributed by atoms with van der Waals surface area (Å²) >= 11 is 0. The van der Waals surface area contributed by atoms with Crippen LogP contribution in [0.25, 0.3) is 0 Å². The van der Waals surface area contributed by atoms with E-state index in [1.54, 1.807) is 0 Å². The van der Waals surface area contributed by atoms with E-state index < -0.39 is 55.1 Å². The van der Waals surface area contributed by atoms with Gasteiger partial charge in [-0.1, -0.05) is 212 Å². The van der Waals surface area contributed by atoms with Crippen molar-refractivity contribution in [3.8, 4) is 6.07 Å². The molecule has 0 radical (unpaired) electrons. The molecular weight excluding hydrogens is 907 g/mol. The molecule has 1 aliphatic rings. The molecule has 372 valence electrons. The largest absolute Gasteiger partial charge is 0.388 e. The molecular formula is C61H63NO10. The fourth-order valence-corrected chi connectivity index (χ4v) is 8.45. The minimum Gasteiger partial charge on any atom is -0.388 e. The van der Waals surface area contributed by atoms with Crippen molar-refractivity contribution in [1.82, 2.24) is 0 Å². The van der Waals surface area contributed by atoms with Crippen LogP contribution in [0.3, 0.4) is 0 Å². The highest BCUT2D eigenvalue weighted by molar-refractivity contribution is 5.19. The van der Waals surface area contributed by atoms with Gasteiger partial charge in [-0.25, -0.2) is 0 Å². The molecule has 1 aliphatic heterocycles. The van der Waals surface area contributed by atoms with Crippen LogP contribution in [0.5, 0.6) is 0 Å². The van der Waals surface area contributed by atoms with E-state index >= 15 is 0 Å². The molecule has 1 N–H and O–H groups in total. The van der Waals surface area contributed by atoms with Crippen molar-refractivity contribution < 1.29 is 47.7 Å². The summed E-state index contributed by atoms with van der Waals surface area (Å²) in [6.45, 7) is 1.17. The molecule has 1 heterocycles. The van der Waals surface area contributed by atoms with Gasteiger partial charge in [0.05, 0.1) is 65.5 Å². The van der Waals surface area contributed by atoms with Crippen LogP contribution in [0, 0.1) is 11.3 Å². The molecule has 1 saturated heterocycles. The number of benzene rings is 7. The number of nitrogens with zero attached hydrogens (tertiary/aromatic N) is 1. The topological polar surface area (TPSA) is 127 Å². The first kappa shape index (κ1) is 52.0. The van der Waals surface area contributed by atoms with Crippen molar-refractivity contribution in [2.24, 2.45) is 0 Å². The van der Waals surface area contributed by atoms with Gasteiger partial charge in [0.15, 0.2) is 12.4 Å². The van der Waals surface area contributed by atoms with Crippen LogP contribution in [0.15, 0.2) is 212 Å². The van der Waals surface area contributed by atoms with E-state index in [-0.39, 0.29) is 52.9 Å². The summed E-state index contributed by atoms with van der Waals surface area (Å²) in [4.78, 5) is 0. The fraction of sp³-hybridized carbons (Fsp3) is 0.295. The Bertz CT molecular complexity index is 2580. The van der Waals surface area contributed by atoms with Gasteiger partial charge in [0.2, 0.25) is 0 Å². The van der Waals surface area contributed by atoms with Crippen molar-refractivity contribution in [3.63, 3.8) is 0 Å². The molecule has 0 saturated carbocycles. The lowest BCUT2D eigenvalue weighted by Gasteiger charge is -2.47. The van der Waals surface area contributed by atoms with Gasteiger partial charge in [0, 0.05) is 0 Å². The number of ether oxygens (including phenoxy) is 9. The Labute approximate surface area is 423 Å². The molecule has 7 aromatic carbocycles. The molecule has 11 nitrogen and oxygen atoms in total. The second-order valence-corrected chi connectivity index (χ2v) is 17.6. The third-order valence-corrected chi connectivity index (χ3v) is 12.2. The smallest absolute Gasteiger partial charge is 0.187 e. The summed E-state index contributed by atoms with van der Waals surface area (Å²) in [5, 5.41) is 23.6. The van der Waals surface area contributed by atoms with Gasteiger partial charge in [-0.05, 0) is 38.9 Å². The SMILES string of the molecule is N#C[C@H](OCc1ccccc1)[C@@H](OCc1ccccc1)[C@H](O[C@H]1O[C@H](COCc2ccccc2)[C@@H](OCc2ccccc2)[C@H](OCc2ccccc2)[C@H]1OCc1ccccc1)[C@H](O)COCc1ccccc1. The summed E-state index contributed by atoms with van der Waals surface area (Å²) in [6.07, 6.45) is -9.76. The zero-order chi connectivity index (χ0) is 49.4. The van der Waals surface area contributed by atoms with Crippen LogP contribution < -0.4 is 0 Å². The highest BCUT2D eigenvalue weighted by Crippen LogP contribution is 2.34. The zero-order valence-electron chi connectivity index (χ0n) is 40.3. The van der Waals surface area contributed by atoms with Gasteiger partial charge in [0.1, 0.15) is 42.7 Å². The first-order valence-corrected chi connectivity index (χ1v) is 24.5. The second kappa shape index (κ2) is 28.6. The number of nitriles is 1. The quantitative estimate of drug-likeness (QED) is 0.0504. The molecule has 0 unspecified atom stereocenters. The lowest BCUT2D eigenvalue weighted by Crippen LogP contribution is -2.63. The predicted molar refractivity (Wildman–Crippen MR) is 272 cm³/mol. The van der Waals surface area contributed by atoms with E-state index in [9.17, 15) is 10.4 Å². The van der Waals surface area contributed by atoms with Gasteiger partial charge in [0.25, 0.3) is 0 Å². The Kier molecular flexibility index (Phi) is 20.7. The number of aliphatic hydroxyl groups excluding tert-OH is 1. The van der Waals surface area contributed by atoms with E-state index in [1.165, 1.54) is 0 Å². The maximum absolute atomic E-state index is 12.6. The summed E-state index contributed by atoms with van der Waals surface area (Å²) in [7, 11) is 0. The minimum absolute atomic E-state index is 0.0729. The Hall–Kier alpha value is -6.37. The van der Waals surface area contributed by atoms with Crippen LogP contribution >= 0.6 is 0 Å². The third kappa shape index (κ3) is 16.1. The predicted octanol–water partition coefficient (Wildman–Crippen LogP) is 10.3. The van der Waals surface area contributed by atoms with Gasteiger partial charge in [-0.15, -0.1) is 0 Å². The molecule has 0 aromatic heterocycles. The van der Waals surface area contributed by atoms with Crippen molar-refractivity contribution in [1.29, 1.82) is 5.26 Å². The van der Waals surface area contributed by atoms with Crippen LogP contribution in [0.4, 0.5) is 0 Å². The maximum atomic E-state index is 12.6. The standard InChI is InChI=1S/C61H63NO10/c62-36-54(66-39-48-26-12-3-13-27-48)57(67-40-49-28-14-4-15-29-49)56(53(63)44-64-37-46-22-8-1-9-23-46)72-61-60(70-43-52-34-20-7-21-35-52)59(69-42-51-32-18-6-19-33-51)58(68-41-50-30-16-5-17-31-50)55(71-61)45-65-38-47-24-10-2-11-25-47/h1-35,53-61,63H,37-45H2/t53-,54+,55-,56-,57-,58-,59+,60-,61-/m1/s1. The molecule has 1 fully saturated rings. The molecule has 0 aliphatic carbocycles. The number of rotatable bonds is 28. The van der Waals surface area contributed by atoms with Crippen molar-refractivity contribution >= 4 is 0 Å². The van der Waals surface area contributed by atoms with Crippen molar-refractivity contribution in [3.05, 3.63) is 251 Å². The molecule has 0 bridgehead atoms. The lowest BCUT2D eigenvalue weighted by atomic mass is 9.97. The molecule has 11 heteroatoms. The third-order valence-electron chi connectivity index (χ3n) is 12.2. The minimum atomic E-state index is -1.38. The zero-order valence-corrected chi connectivity index (χ0v) is 40.3. The van der Waals surface area contributed by atoms with E-state index in [0.717, 1.165) is 38.9 Å². The van der Waals surface area contributed by atoms with E-state index in [1.807, 2.05) is 212 Å². The normalized spacial score (nSPS) is 19.4. The second-order valence-electron chi connectivity index (χ2n) is 17.6. The van der Waals surface area contributed by atoms with Gasteiger partial charge in [-0.3, -0.25) is 0 Å². The monoisotopic (exact) mass is 969 g/mol. The fourth-order valence-electron chi connectivity index (χ4n) is 8.45. The van der Waals surface area contributed by atoms with E-state index in [0.29, 0.717) is 6.61 Å². The summed E-state index contributed by atoms with van der Waals surface area (Å²) in [6, 6.07) is 70.8. The van der Waals surface area contributed by atoms with Crippen LogP contribution in [0.1, 0.15) is 38.9 Å². The highest BCUT2D eigenvalue weighted by Gasteiger charge is 2.51. The summed E-state index contributed by atoms with van der Waals surface area (Å²) < 4.78 is 61.0. The molecule has 72 heavy (non-hydrogen) atoms. The summed E-state index contributed by atoms with van der Waals surface area (Å²) in [5.74, 6) is 0. The van der Waals surface area contributed by atoms with Crippen LogP contribution in [-0.2, 0) is 88.9 Å². The average molecular weight is 970 g/mol. The Morgan fingerprint density at radius 2 is 0.778 bits per heavy atom. The number of aliphatic hydroxyl groups is 1. The Balaban J connectivity index is 1.19. The van der Waals surface area contributed by atoms with Crippen molar-refractivity contribution in [2.45, 2.75) is 101 Å². The van der Waals surface area contributed by atoms with Gasteiger partial charge in [-0.2, -0.15) is 5.26 Å². The molecule has 0 amide bonds. The molecule has 0 spiro atoms. The Morgan fingerprint density at radius 3 is 1.21 bits per heavy atom. The first-order valence-electron chi connectivity index (χ1n) is 24.5. The summed E-state index contributed by atoms with van der Waals surface area (Å²) in [5.41, 5.74) is 6.40. The maximum Gasteiger partial charge on any atom is 0.187 e. The molecule has 8 rings (SSSR count). The van der Waals surface area contributed by atoms with E-state index in [4.69, 9.17) is 42.6 Å². The number of hydrogen-bond acceptors (Lipinski definition) is 11. The highest BCUT2D eigenvalue weighted by atomic mass is 16.7. The molecule has 9 atom stereocenters. The molecule has 7 aromatic rings. The number of hydrogen-bond donors (Lipinski definition) is 1. The lowest BCUT2D eigenvalue weighted by molar-refractivity contribution is -0.349.